The van der Waals surface area contributed by atoms with Crippen LogP contribution in [-0.2, 0) is 13.6 Å². The summed E-state index contributed by atoms with van der Waals surface area (Å²) in [6.07, 6.45) is 0. The van der Waals surface area contributed by atoms with Gasteiger partial charge in [0.25, 0.3) is 0 Å². The zero-order valence-electron chi connectivity index (χ0n) is 15.7. The number of methoxy groups -OCH3 is 1. The Morgan fingerprint density at radius 1 is 1.33 bits per heavy atom. The van der Waals surface area contributed by atoms with Gasteiger partial charge in [-0.2, -0.15) is 0 Å². The van der Waals surface area contributed by atoms with Gasteiger partial charge in [-0.3, -0.25) is 4.90 Å². The first-order valence-corrected chi connectivity index (χ1v) is 8.80. The van der Waals surface area contributed by atoms with E-state index in [1.807, 2.05) is 6.92 Å². The molecule has 3 rings (SSSR count). The van der Waals surface area contributed by atoms with Crippen LogP contribution in [0.25, 0.3) is 0 Å². The van der Waals surface area contributed by atoms with Crippen molar-refractivity contribution in [2.75, 3.05) is 33.3 Å². The van der Waals surface area contributed by atoms with Gasteiger partial charge in [-0.25, -0.2) is 13.9 Å². The van der Waals surface area contributed by atoms with E-state index in [4.69, 9.17) is 4.74 Å². The third-order valence-electron chi connectivity index (χ3n) is 4.68. The quantitative estimate of drug-likeness (QED) is 0.835. The fourth-order valence-corrected chi connectivity index (χ4v) is 3.16. The van der Waals surface area contributed by atoms with Crippen LogP contribution in [0, 0.1) is 5.82 Å². The van der Waals surface area contributed by atoms with E-state index >= 15 is 0 Å². The Morgan fingerprint density at radius 3 is 2.70 bits per heavy atom. The zero-order valence-corrected chi connectivity index (χ0v) is 15.7. The number of urea groups is 1. The molecule has 0 bridgehead atoms. The number of tetrazole rings is 1. The Bertz CT molecular complexity index is 789. The van der Waals surface area contributed by atoms with Gasteiger partial charge in [-0.1, -0.05) is 0 Å². The molecular formula is C17H24FN7O2. The molecule has 1 saturated heterocycles. The molecule has 2 heterocycles. The first-order valence-electron chi connectivity index (χ1n) is 8.80. The summed E-state index contributed by atoms with van der Waals surface area (Å²) in [6.45, 7) is 5.01. The van der Waals surface area contributed by atoms with Gasteiger partial charge in [0.1, 0.15) is 11.6 Å². The van der Waals surface area contributed by atoms with Crippen molar-refractivity contribution in [2.24, 2.45) is 7.05 Å². The molecule has 0 radical (unpaired) electrons. The van der Waals surface area contributed by atoms with Gasteiger partial charge in [-0.15, -0.1) is 5.10 Å². The Kier molecular flexibility index (Phi) is 5.84. The van der Waals surface area contributed by atoms with E-state index in [0.29, 0.717) is 44.3 Å². The molecule has 0 unspecified atom stereocenters. The zero-order chi connectivity index (χ0) is 19.4. The number of nitrogens with one attached hydrogen (secondary N) is 1. The molecule has 0 spiro atoms. The number of halogens is 1. The van der Waals surface area contributed by atoms with Crippen molar-refractivity contribution in [2.45, 2.75) is 19.5 Å². The molecule has 1 atom stereocenters. The lowest BCUT2D eigenvalue weighted by atomic mass is 10.1. The number of aromatic nitrogens is 4. The number of ether oxygens (including phenoxy) is 1. The second-order valence-electron chi connectivity index (χ2n) is 6.55. The van der Waals surface area contributed by atoms with Gasteiger partial charge < -0.3 is 15.0 Å². The number of aryl methyl sites for hydroxylation is 1. The Hall–Kier alpha value is -2.75. The molecule has 2 amide bonds. The van der Waals surface area contributed by atoms with Crippen molar-refractivity contribution in [3.63, 3.8) is 0 Å². The average Bonchev–Trinajstić information content (AvgIpc) is 3.08. The molecule has 2 aromatic rings. The molecule has 0 aliphatic carbocycles. The van der Waals surface area contributed by atoms with Crippen molar-refractivity contribution in [3.8, 4) is 5.75 Å². The van der Waals surface area contributed by atoms with Crippen LogP contribution in [0.15, 0.2) is 18.2 Å². The topological polar surface area (TPSA) is 88.4 Å². The van der Waals surface area contributed by atoms with Crippen LogP contribution in [0.2, 0.25) is 0 Å². The minimum Gasteiger partial charge on any atom is -0.496 e. The lowest BCUT2D eigenvalue weighted by Gasteiger charge is -2.35. The third kappa shape index (κ3) is 4.51. The first kappa shape index (κ1) is 19.0. The molecule has 1 N–H and O–H groups in total. The maximum atomic E-state index is 13.5. The Labute approximate surface area is 157 Å². The second kappa shape index (κ2) is 8.30. The number of hydrogen-bond donors (Lipinski definition) is 1. The average molecular weight is 377 g/mol. The molecule has 1 aromatic heterocycles. The molecule has 1 aromatic carbocycles. The maximum Gasteiger partial charge on any atom is 0.318 e. The summed E-state index contributed by atoms with van der Waals surface area (Å²) in [4.78, 5) is 16.4. The molecule has 1 fully saturated rings. The number of piperazine rings is 1. The number of carbonyl (C=O) groups excluding carboxylic acids is 1. The van der Waals surface area contributed by atoms with Crippen molar-refractivity contribution < 1.29 is 13.9 Å². The summed E-state index contributed by atoms with van der Waals surface area (Å²) in [5.74, 6) is 0.985. The summed E-state index contributed by atoms with van der Waals surface area (Å²) in [5, 5.41) is 14.2. The van der Waals surface area contributed by atoms with Crippen molar-refractivity contribution >= 4 is 6.03 Å². The summed E-state index contributed by atoms with van der Waals surface area (Å²) < 4.78 is 20.4. The summed E-state index contributed by atoms with van der Waals surface area (Å²) >= 11 is 0. The standard InChI is InChI=1S/C17H24FN7O2/c1-12(16-20-21-22-23(16)2)19-17(26)25-8-6-24(7-9-25)11-13-10-14(18)4-5-15(13)27-3/h4-5,10,12H,6-9,11H2,1-3H3,(H,19,26)/t12-/m1/s1. The van der Waals surface area contributed by atoms with Crippen molar-refractivity contribution in [1.82, 2.24) is 35.3 Å². The van der Waals surface area contributed by atoms with Crippen LogP contribution in [0.3, 0.4) is 0 Å². The second-order valence-corrected chi connectivity index (χ2v) is 6.55. The Morgan fingerprint density at radius 2 is 2.07 bits per heavy atom. The van der Waals surface area contributed by atoms with Crippen LogP contribution in [0.4, 0.5) is 9.18 Å². The summed E-state index contributed by atoms with van der Waals surface area (Å²) in [7, 11) is 3.31. The molecule has 1 aliphatic heterocycles. The van der Waals surface area contributed by atoms with E-state index in [9.17, 15) is 9.18 Å². The van der Waals surface area contributed by atoms with Crippen LogP contribution in [-0.4, -0.2) is 69.3 Å². The highest BCUT2D eigenvalue weighted by Crippen LogP contribution is 2.21. The largest absolute Gasteiger partial charge is 0.496 e. The highest BCUT2D eigenvalue weighted by atomic mass is 19.1. The fourth-order valence-electron chi connectivity index (χ4n) is 3.16. The monoisotopic (exact) mass is 377 g/mol. The van der Waals surface area contributed by atoms with Gasteiger partial charge >= 0.3 is 6.03 Å². The van der Waals surface area contributed by atoms with Crippen molar-refractivity contribution in [1.29, 1.82) is 0 Å². The minimum atomic E-state index is -0.285. The molecular weight excluding hydrogens is 353 g/mol. The van der Waals surface area contributed by atoms with E-state index in [2.05, 4.69) is 25.7 Å². The lowest BCUT2D eigenvalue weighted by molar-refractivity contribution is 0.132. The smallest absolute Gasteiger partial charge is 0.318 e. The molecule has 146 valence electrons. The number of carbonyl (C=O) groups is 1. The van der Waals surface area contributed by atoms with Crippen LogP contribution < -0.4 is 10.1 Å². The number of amides is 2. The normalized spacial score (nSPS) is 16.2. The molecule has 1 aliphatic rings. The lowest BCUT2D eigenvalue weighted by Crippen LogP contribution is -2.51. The first-order chi connectivity index (χ1) is 13.0. The predicted octanol–water partition coefficient (Wildman–Crippen LogP) is 0.946. The number of rotatable bonds is 5. The van der Waals surface area contributed by atoms with Crippen LogP contribution in [0.5, 0.6) is 5.75 Å². The summed E-state index contributed by atoms with van der Waals surface area (Å²) in [5.41, 5.74) is 0.804. The van der Waals surface area contributed by atoms with E-state index in [1.165, 1.54) is 16.8 Å². The van der Waals surface area contributed by atoms with E-state index in [-0.39, 0.29) is 17.9 Å². The van der Waals surface area contributed by atoms with Gasteiger partial charge in [0.15, 0.2) is 5.82 Å². The minimum absolute atomic E-state index is 0.145. The highest BCUT2D eigenvalue weighted by molar-refractivity contribution is 5.74. The maximum absolute atomic E-state index is 13.5. The van der Waals surface area contributed by atoms with Crippen LogP contribution in [0.1, 0.15) is 24.4 Å². The van der Waals surface area contributed by atoms with E-state index < -0.39 is 0 Å². The molecule has 27 heavy (non-hydrogen) atoms. The van der Waals surface area contributed by atoms with E-state index in [1.54, 1.807) is 25.1 Å². The van der Waals surface area contributed by atoms with Gasteiger partial charge in [0.05, 0.1) is 13.2 Å². The molecule has 9 nitrogen and oxygen atoms in total. The van der Waals surface area contributed by atoms with Gasteiger partial charge in [0.2, 0.25) is 0 Å². The Balaban J connectivity index is 1.52. The van der Waals surface area contributed by atoms with Gasteiger partial charge in [0, 0.05) is 45.3 Å². The van der Waals surface area contributed by atoms with Crippen molar-refractivity contribution in [3.05, 3.63) is 35.4 Å². The number of nitrogens with zero attached hydrogens (tertiary/aromatic N) is 6. The number of benzene rings is 1. The predicted molar refractivity (Wildman–Crippen MR) is 95.5 cm³/mol. The molecule has 10 heteroatoms. The third-order valence-corrected chi connectivity index (χ3v) is 4.68. The summed E-state index contributed by atoms with van der Waals surface area (Å²) in [6, 6.07) is 4.09. The SMILES string of the molecule is COc1ccc(F)cc1CN1CCN(C(=O)N[C@H](C)c2nnnn2C)CC1. The fraction of sp³-hybridized carbons (Fsp3) is 0.529. The highest BCUT2D eigenvalue weighted by Gasteiger charge is 2.24. The number of hydrogen-bond acceptors (Lipinski definition) is 6. The van der Waals surface area contributed by atoms with Gasteiger partial charge in [-0.05, 0) is 35.5 Å². The van der Waals surface area contributed by atoms with Crippen LogP contribution >= 0.6 is 0 Å². The van der Waals surface area contributed by atoms with E-state index in [0.717, 1.165) is 5.56 Å². The molecule has 0 saturated carbocycles.